The highest BCUT2D eigenvalue weighted by Crippen LogP contribution is 2.37. The van der Waals surface area contributed by atoms with Gasteiger partial charge in [-0.3, -0.25) is 4.79 Å². The van der Waals surface area contributed by atoms with Crippen LogP contribution >= 0.6 is 0 Å². The minimum atomic E-state index is -0.0872. The number of pyridine rings is 1. The molecule has 164 valence electrons. The van der Waals surface area contributed by atoms with Gasteiger partial charge in [0.1, 0.15) is 0 Å². The molecule has 0 N–H and O–H groups in total. The van der Waals surface area contributed by atoms with Gasteiger partial charge in [0.15, 0.2) is 28.7 Å². The predicted molar refractivity (Wildman–Crippen MR) is 118 cm³/mol. The number of carbonyl (C=O) groups is 1. The van der Waals surface area contributed by atoms with Crippen molar-refractivity contribution in [3.8, 4) is 22.6 Å². The Kier molecular flexibility index (Phi) is 5.26. The van der Waals surface area contributed by atoms with Gasteiger partial charge in [-0.05, 0) is 43.2 Å². The average Bonchev–Trinajstić information content (AvgIpc) is 3.53. The minimum Gasteiger partial charge on any atom is -0.493 e. The van der Waals surface area contributed by atoms with E-state index in [1.165, 1.54) is 6.26 Å². The molecule has 32 heavy (non-hydrogen) atoms. The first-order valence-corrected chi connectivity index (χ1v) is 10.6. The van der Waals surface area contributed by atoms with Crippen LogP contribution in [-0.4, -0.2) is 52.7 Å². The van der Waals surface area contributed by atoms with E-state index in [0.29, 0.717) is 30.3 Å². The summed E-state index contributed by atoms with van der Waals surface area (Å²) in [5.41, 5.74) is 2.63. The molecule has 0 saturated carbocycles. The Morgan fingerprint density at radius 1 is 1.12 bits per heavy atom. The molecule has 1 aliphatic rings. The van der Waals surface area contributed by atoms with E-state index in [2.05, 4.69) is 0 Å². The van der Waals surface area contributed by atoms with Gasteiger partial charge in [-0.25, -0.2) is 9.50 Å². The first kappa shape index (κ1) is 20.1. The van der Waals surface area contributed by atoms with Gasteiger partial charge in [0.05, 0.1) is 20.5 Å². The van der Waals surface area contributed by atoms with Crippen molar-refractivity contribution in [1.29, 1.82) is 0 Å². The fourth-order valence-electron chi connectivity index (χ4n) is 4.28. The Hall–Kier alpha value is -3.81. The number of aromatic nitrogens is 3. The molecule has 1 fully saturated rings. The fraction of sp³-hybridized carbons (Fsp3) is 0.292. The Labute approximate surface area is 185 Å². The number of ether oxygens (including phenoxy) is 2. The summed E-state index contributed by atoms with van der Waals surface area (Å²) in [4.78, 5) is 19.3. The highest BCUT2D eigenvalue weighted by atomic mass is 16.5. The third kappa shape index (κ3) is 3.57. The van der Waals surface area contributed by atoms with Gasteiger partial charge in [0.25, 0.3) is 5.91 Å². The molecule has 0 unspecified atom stereocenters. The molecule has 1 amide bonds. The van der Waals surface area contributed by atoms with E-state index in [-0.39, 0.29) is 11.8 Å². The third-order valence-electron chi connectivity index (χ3n) is 5.87. The van der Waals surface area contributed by atoms with Crippen LogP contribution < -0.4 is 9.47 Å². The molecule has 1 aliphatic heterocycles. The second-order valence-corrected chi connectivity index (χ2v) is 7.80. The number of benzene rings is 1. The normalized spacial score (nSPS) is 16.3. The van der Waals surface area contributed by atoms with E-state index >= 15 is 0 Å². The van der Waals surface area contributed by atoms with Gasteiger partial charge in [-0.15, -0.1) is 0 Å². The summed E-state index contributed by atoms with van der Waals surface area (Å²) in [6.07, 6.45) is 5.30. The monoisotopic (exact) mass is 432 g/mol. The number of nitrogens with zero attached hydrogens (tertiary/aromatic N) is 4. The van der Waals surface area contributed by atoms with Crippen LogP contribution in [0.2, 0.25) is 0 Å². The molecule has 4 heterocycles. The average molecular weight is 432 g/mol. The van der Waals surface area contributed by atoms with Gasteiger partial charge >= 0.3 is 0 Å². The van der Waals surface area contributed by atoms with Crippen molar-refractivity contribution in [2.45, 2.75) is 18.8 Å². The number of hydrogen-bond acceptors (Lipinski definition) is 6. The standard InChI is InChI=1S/C24H24N4O4/c1-30-19-8-3-7-18(22(19)31-2)16-10-11-21-25-23(26-28(21)15-16)17-6-4-12-27(14-17)24(29)20-9-5-13-32-20/h3,5,7-11,13,15,17H,4,6,12,14H2,1-2H3/t17-/m0/s1. The maximum absolute atomic E-state index is 12.7. The number of carbonyl (C=O) groups excluding carboxylic acids is 1. The zero-order valence-corrected chi connectivity index (χ0v) is 18.0. The minimum absolute atomic E-state index is 0.0809. The van der Waals surface area contributed by atoms with Crippen molar-refractivity contribution in [3.63, 3.8) is 0 Å². The largest absolute Gasteiger partial charge is 0.493 e. The Morgan fingerprint density at radius 2 is 2.03 bits per heavy atom. The van der Waals surface area contributed by atoms with Crippen LogP contribution in [0.4, 0.5) is 0 Å². The third-order valence-corrected chi connectivity index (χ3v) is 5.87. The summed E-state index contributed by atoms with van der Waals surface area (Å²) in [5, 5.41) is 4.75. The number of likely N-dealkylation sites (tertiary alicyclic amines) is 1. The number of furan rings is 1. The lowest BCUT2D eigenvalue weighted by Gasteiger charge is -2.30. The molecule has 1 aromatic carbocycles. The van der Waals surface area contributed by atoms with Crippen LogP contribution in [0.1, 0.15) is 35.1 Å². The molecule has 1 atom stereocenters. The summed E-state index contributed by atoms with van der Waals surface area (Å²) < 4.78 is 18.1. The van der Waals surface area contributed by atoms with E-state index in [1.807, 2.05) is 41.4 Å². The molecule has 0 radical (unpaired) electrons. The lowest BCUT2D eigenvalue weighted by molar-refractivity contribution is 0.0672. The van der Waals surface area contributed by atoms with E-state index in [0.717, 1.165) is 35.4 Å². The highest BCUT2D eigenvalue weighted by molar-refractivity contribution is 5.91. The Bertz CT molecular complexity index is 1250. The molecule has 0 spiro atoms. The molecule has 0 bridgehead atoms. The number of fused-ring (bicyclic) bond motifs is 1. The van der Waals surface area contributed by atoms with Crippen LogP contribution in [0.5, 0.6) is 11.5 Å². The van der Waals surface area contributed by atoms with Crippen molar-refractivity contribution in [2.75, 3.05) is 27.3 Å². The number of amides is 1. The van der Waals surface area contributed by atoms with Gasteiger partial charge in [0.2, 0.25) is 0 Å². The van der Waals surface area contributed by atoms with Crippen molar-refractivity contribution in [2.24, 2.45) is 0 Å². The molecular formula is C24H24N4O4. The smallest absolute Gasteiger partial charge is 0.289 e. The van der Waals surface area contributed by atoms with Crippen molar-refractivity contribution >= 4 is 11.6 Å². The van der Waals surface area contributed by atoms with Crippen molar-refractivity contribution in [3.05, 3.63) is 66.5 Å². The van der Waals surface area contributed by atoms with Crippen molar-refractivity contribution < 1.29 is 18.7 Å². The van der Waals surface area contributed by atoms with Gasteiger partial charge in [-0.2, -0.15) is 5.10 Å². The van der Waals surface area contributed by atoms with Crippen LogP contribution in [0.3, 0.4) is 0 Å². The summed E-state index contributed by atoms with van der Waals surface area (Å²) in [6, 6.07) is 13.2. The van der Waals surface area contributed by atoms with Gasteiger partial charge in [0, 0.05) is 36.3 Å². The quantitative estimate of drug-likeness (QED) is 0.474. The maximum atomic E-state index is 12.7. The van der Waals surface area contributed by atoms with E-state index < -0.39 is 0 Å². The molecule has 3 aromatic heterocycles. The number of rotatable bonds is 5. The topological polar surface area (TPSA) is 82.1 Å². The van der Waals surface area contributed by atoms with E-state index in [9.17, 15) is 4.79 Å². The van der Waals surface area contributed by atoms with Crippen molar-refractivity contribution in [1.82, 2.24) is 19.5 Å². The maximum Gasteiger partial charge on any atom is 0.289 e. The van der Waals surface area contributed by atoms with Crippen LogP contribution in [0.15, 0.2) is 59.3 Å². The molecule has 4 aromatic rings. The predicted octanol–water partition coefficient (Wildman–Crippen LogP) is 4.03. The number of para-hydroxylation sites is 1. The number of hydrogen-bond donors (Lipinski definition) is 0. The van der Waals surface area contributed by atoms with Crippen LogP contribution in [0, 0.1) is 0 Å². The summed E-state index contributed by atoms with van der Waals surface area (Å²) in [5.74, 6) is 2.46. The van der Waals surface area contributed by atoms with E-state index in [1.54, 1.807) is 30.9 Å². The SMILES string of the molecule is COc1cccc(-c2ccc3nc([C@H]4CCCN(C(=O)c5ccco5)C4)nn3c2)c1OC. The molecular weight excluding hydrogens is 408 g/mol. The summed E-state index contributed by atoms with van der Waals surface area (Å²) in [6.45, 7) is 1.29. The van der Waals surface area contributed by atoms with Gasteiger partial charge < -0.3 is 18.8 Å². The summed E-state index contributed by atoms with van der Waals surface area (Å²) >= 11 is 0. The van der Waals surface area contributed by atoms with Gasteiger partial charge in [-0.1, -0.05) is 12.1 Å². The Balaban J connectivity index is 1.43. The second kappa shape index (κ2) is 8.37. The molecule has 0 aliphatic carbocycles. The number of piperidine rings is 1. The molecule has 1 saturated heterocycles. The fourth-order valence-corrected chi connectivity index (χ4v) is 4.28. The van der Waals surface area contributed by atoms with E-state index in [4.69, 9.17) is 24.0 Å². The molecule has 8 heteroatoms. The lowest BCUT2D eigenvalue weighted by Crippen LogP contribution is -2.39. The molecule has 8 nitrogen and oxygen atoms in total. The zero-order chi connectivity index (χ0) is 22.1. The highest BCUT2D eigenvalue weighted by Gasteiger charge is 2.29. The first-order chi connectivity index (χ1) is 15.7. The zero-order valence-electron chi connectivity index (χ0n) is 18.0. The first-order valence-electron chi connectivity index (χ1n) is 10.6. The summed E-state index contributed by atoms with van der Waals surface area (Å²) in [7, 11) is 3.25. The molecule has 5 rings (SSSR count). The van der Waals surface area contributed by atoms with Crippen LogP contribution in [-0.2, 0) is 0 Å². The van der Waals surface area contributed by atoms with Crippen LogP contribution in [0.25, 0.3) is 16.8 Å². The Morgan fingerprint density at radius 3 is 2.81 bits per heavy atom. The second-order valence-electron chi connectivity index (χ2n) is 7.80. The number of methoxy groups -OCH3 is 2. The lowest BCUT2D eigenvalue weighted by atomic mass is 9.97.